The fraction of sp³-hybridized carbons (Fsp3) is 0.800. The zero-order chi connectivity index (χ0) is 14.4. The lowest BCUT2D eigenvalue weighted by Gasteiger charge is -2.33. The van der Waals surface area contributed by atoms with Crippen LogP contribution in [0.1, 0.15) is 35.8 Å². The summed E-state index contributed by atoms with van der Waals surface area (Å²) < 4.78 is 0. The summed E-state index contributed by atoms with van der Waals surface area (Å²) in [5.41, 5.74) is 1.31. The molecule has 0 bridgehead atoms. The molecule has 1 saturated heterocycles. The minimum atomic E-state index is 0.955. The Labute approximate surface area is 127 Å². The Morgan fingerprint density at radius 2 is 1.85 bits per heavy atom. The number of aromatic nitrogens is 1. The highest BCUT2D eigenvalue weighted by Gasteiger charge is 2.18. The Balaban J connectivity index is 1.93. The number of rotatable bonds is 7. The van der Waals surface area contributed by atoms with Crippen LogP contribution in [0.3, 0.4) is 0 Å². The molecular weight excluding hydrogens is 268 g/mol. The van der Waals surface area contributed by atoms with E-state index in [1.807, 2.05) is 18.4 Å². The number of hydrogen-bond donors (Lipinski definition) is 1. The minimum Gasteiger partial charge on any atom is -0.315 e. The molecular formula is C15H28N4S. The average Bonchev–Trinajstić information content (AvgIpc) is 2.82. The third-order valence-electron chi connectivity index (χ3n) is 3.92. The standard InChI is InChI=1S/C15H28N4S/c1-4-6-13-14(11-16-3)20-15(17-13)12-19-9-7-18(5-2)8-10-19/h16H,4-12H2,1-3H3. The lowest BCUT2D eigenvalue weighted by Crippen LogP contribution is -2.45. The Hall–Kier alpha value is -0.490. The van der Waals surface area contributed by atoms with Crippen molar-refractivity contribution in [1.82, 2.24) is 20.1 Å². The van der Waals surface area contributed by atoms with E-state index >= 15 is 0 Å². The molecule has 0 aliphatic carbocycles. The van der Waals surface area contributed by atoms with Crippen molar-refractivity contribution in [2.45, 2.75) is 39.8 Å². The maximum absolute atomic E-state index is 4.88. The van der Waals surface area contributed by atoms with Crippen molar-refractivity contribution in [1.29, 1.82) is 0 Å². The summed E-state index contributed by atoms with van der Waals surface area (Å²) in [4.78, 5) is 11.4. The molecule has 114 valence electrons. The zero-order valence-corrected chi connectivity index (χ0v) is 13.9. The minimum absolute atomic E-state index is 0.955. The summed E-state index contributed by atoms with van der Waals surface area (Å²) in [5, 5.41) is 4.56. The average molecular weight is 296 g/mol. The van der Waals surface area contributed by atoms with Gasteiger partial charge < -0.3 is 10.2 Å². The van der Waals surface area contributed by atoms with E-state index in [1.165, 1.54) is 54.7 Å². The van der Waals surface area contributed by atoms with Crippen LogP contribution < -0.4 is 5.32 Å². The third kappa shape index (κ3) is 4.25. The predicted octanol–water partition coefficient (Wildman–Crippen LogP) is 1.95. The van der Waals surface area contributed by atoms with Crippen LogP contribution in [0.2, 0.25) is 0 Å². The highest BCUT2D eigenvalue weighted by atomic mass is 32.1. The summed E-state index contributed by atoms with van der Waals surface area (Å²) in [6.45, 7) is 12.4. The predicted molar refractivity (Wildman–Crippen MR) is 86.3 cm³/mol. The second-order valence-corrected chi connectivity index (χ2v) is 6.64. The number of piperazine rings is 1. The second-order valence-electron chi connectivity index (χ2n) is 5.47. The van der Waals surface area contributed by atoms with E-state index in [9.17, 15) is 0 Å². The number of nitrogens with one attached hydrogen (secondary N) is 1. The Morgan fingerprint density at radius 3 is 2.45 bits per heavy atom. The molecule has 5 heteroatoms. The van der Waals surface area contributed by atoms with Gasteiger partial charge in [-0.3, -0.25) is 4.90 Å². The third-order valence-corrected chi connectivity index (χ3v) is 5.00. The fourth-order valence-corrected chi connectivity index (χ4v) is 3.86. The lowest BCUT2D eigenvalue weighted by molar-refractivity contribution is 0.132. The van der Waals surface area contributed by atoms with Crippen LogP contribution in [0.15, 0.2) is 0 Å². The van der Waals surface area contributed by atoms with Crippen LogP contribution in [0, 0.1) is 0 Å². The van der Waals surface area contributed by atoms with Gasteiger partial charge in [-0.1, -0.05) is 20.3 Å². The number of hydrogen-bond acceptors (Lipinski definition) is 5. The van der Waals surface area contributed by atoms with E-state index in [0.717, 1.165) is 19.5 Å². The van der Waals surface area contributed by atoms with Crippen molar-refractivity contribution in [3.63, 3.8) is 0 Å². The summed E-state index contributed by atoms with van der Waals surface area (Å²) in [7, 11) is 2.01. The molecule has 0 aromatic carbocycles. The van der Waals surface area contributed by atoms with Crippen LogP contribution in [0.5, 0.6) is 0 Å². The molecule has 2 heterocycles. The van der Waals surface area contributed by atoms with Gasteiger partial charge in [-0.05, 0) is 20.0 Å². The van der Waals surface area contributed by atoms with Gasteiger partial charge in [-0.2, -0.15) is 0 Å². The van der Waals surface area contributed by atoms with Crippen molar-refractivity contribution in [3.05, 3.63) is 15.6 Å². The first-order valence-electron chi connectivity index (χ1n) is 7.83. The van der Waals surface area contributed by atoms with Gasteiger partial charge in [0, 0.05) is 37.6 Å². The molecule has 0 atom stereocenters. The molecule has 0 radical (unpaired) electrons. The van der Waals surface area contributed by atoms with E-state index in [4.69, 9.17) is 4.98 Å². The maximum atomic E-state index is 4.88. The van der Waals surface area contributed by atoms with Crippen molar-refractivity contribution in [2.24, 2.45) is 0 Å². The first-order chi connectivity index (χ1) is 9.76. The van der Waals surface area contributed by atoms with E-state index in [2.05, 4.69) is 29.0 Å². The molecule has 1 aromatic heterocycles. The Morgan fingerprint density at radius 1 is 1.15 bits per heavy atom. The van der Waals surface area contributed by atoms with E-state index in [-0.39, 0.29) is 0 Å². The van der Waals surface area contributed by atoms with Crippen molar-refractivity contribution in [3.8, 4) is 0 Å². The molecule has 0 amide bonds. The van der Waals surface area contributed by atoms with Gasteiger partial charge in [0.25, 0.3) is 0 Å². The molecule has 0 unspecified atom stereocenters. The van der Waals surface area contributed by atoms with Gasteiger partial charge in [0.15, 0.2) is 0 Å². The molecule has 0 spiro atoms. The molecule has 0 saturated carbocycles. The SMILES string of the molecule is CCCc1nc(CN2CCN(CC)CC2)sc1CNC. The Bertz CT molecular complexity index is 373. The van der Waals surface area contributed by atoms with Crippen molar-refractivity contribution >= 4 is 11.3 Å². The zero-order valence-electron chi connectivity index (χ0n) is 13.1. The van der Waals surface area contributed by atoms with Crippen LogP contribution in [-0.4, -0.2) is 54.6 Å². The molecule has 20 heavy (non-hydrogen) atoms. The molecule has 1 N–H and O–H groups in total. The fourth-order valence-electron chi connectivity index (χ4n) is 2.69. The van der Waals surface area contributed by atoms with Gasteiger partial charge in [0.05, 0.1) is 12.2 Å². The van der Waals surface area contributed by atoms with Gasteiger partial charge >= 0.3 is 0 Å². The topological polar surface area (TPSA) is 31.4 Å². The highest BCUT2D eigenvalue weighted by molar-refractivity contribution is 7.11. The Kier molecular flexibility index (Phi) is 6.42. The first-order valence-corrected chi connectivity index (χ1v) is 8.65. The van der Waals surface area contributed by atoms with E-state index in [1.54, 1.807) is 0 Å². The number of nitrogens with zero attached hydrogens (tertiary/aromatic N) is 3. The van der Waals surface area contributed by atoms with Gasteiger partial charge in [0.1, 0.15) is 5.01 Å². The lowest BCUT2D eigenvalue weighted by atomic mass is 10.2. The van der Waals surface area contributed by atoms with Crippen molar-refractivity contribution < 1.29 is 0 Å². The maximum Gasteiger partial charge on any atom is 0.107 e. The van der Waals surface area contributed by atoms with Crippen LogP contribution in [0.25, 0.3) is 0 Å². The number of likely N-dealkylation sites (N-methyl/N-ethyl adjacent to an activating group) is 1. The molecule has 1 aliphatic rings. The summed E-state index contributed by atoms with van der Waals surface area (Å²) in [6, 6.07) is 0. The van der Waals surface area contributed by atoms with Gasteiger partial charge in [-0.25, -0.2) is 4.98 Å². The highest BCUT2D eigenvalue weighted by Crippen LogP contribution is 2.21. The molecule has 1 aromatic rings. The van der Waals surface area contributed by atoms with Gasteiger partial charge in [0.2, 0.25) is 0 Å². The second kappa shape index (κ2) is 8.08. The van der Waals surface area contributed by atoms with E-state index in [0.29, 0.717) is 0 Å². The first kappa shape index (κ1) is 15.9. The number of aryl methyl sites for hydroxylation is 1. The summed E-state index contributed by atoms with van der Waals surface area (Å²) >= 11 is 1.90. The number of thiazole rings is 1. The molecule has 2 rings (SSSR count). The van der Waals surface area contributed by atoms with Crippen LogP contribution >= 0.6 is 11.3 Å². The van der Waals surface area contributed by atoms with Crippen LogP contribution in [-0.2, 0) is 19.5 Å². The quantitative estimate of drug-likeness (QED) is 0.833. The summed E-state index contributed by atoms with van der Waals surface area (Å²) in [5.74, 6) is 0. The monoisotopic (exact) mass is 296 g/mol. The normalized spacial score (nSPS) is 17.8. The van der Waals surface area contributed by atoms with E-state index < -0.39 is 0 Å². The van der Waals surface area contributed by atoms with Crippen LogP contribution in [0.4, 0.5) is 0 Å². The van der Waals surface area contributed by atoms with Gasteiger partial charge in [-0.15, -0.1) is 11.3 Å². The smallest absolute Gasteiger partial charge is 0.107 e. The molecule has 4 nitrogen and oxygen atoms in total. The van der Waals surface area contributed by atoms with Crippen molar-refractivity contribution in [2.75, 3.05) is 39.8 Å². The molecule has 1 aliphatic heterocycles. The largest absolute Gasteiger partial charge is 0.315 e. The summed E-state index contributed by atoms with van der Waals surface area (Å²) in [6.07, 6.45) is 2.28. The molecule has 1 fully saturated rings.